The van der Waals surface area contributed by atoms with Crippen LogP contribution in [0.1, 0.15) is 13.3 Å². The van der Waals surface area contributed by atoms with E-state index < -0.39 is 5.97 Å². The molecule has 1 aromatic heterocycles. The van der Waals surface area contributed by atoms with E-state index in [1.165, 1.54) is 0 Å². The Kier molecular flexibility index (Phi) is 4.60. The number of carboxylic acid groups (broad SMARTS) is 1. The van der Waals surface area contributed by atoms with Crippen molar-refractivity contribution in [1.29, 1.82) is 0 Å². The smallest absolute Gasteiger partial charge is 0.303 e. The van der Waals surface area contributed by atoms with Crippen LogP contribution in [0.15, 0.2) is 15.9 Å². The molecule has 0 saturated carbocycles. The van der Waals surface area contributed by atoms with Gasteiger partial charge in [0, 0.05) is 29.9 Å². The Morgan fingerprint density at radius 1 is 1.73 bits per heavy atom. The van der Waals surface area contributed by atoms with Crippen molar-refractivity contribution in [2.24, 2.45) is 5.92 Å². The Balaban J connectivity index is 2.48. The number of anilines is 1. The van der Waals surface area contributed by atoms with Crippen LogP contribution in [-0.2, 0) is 4.79 Å². The summed E-state index contributed by atoms with van der Waals surface area (Å²) in [4.78, 5) is 12.6. The number of aliphatic carboxylic acids is 1. The van der Waals surface area contributed by atoms with Gasteiger partial charge in [0.2, 0.25) is 0 Å². The third-order valence-corrected chi connectivity index (χ3v) is 3.84. The van der Waals surface area contributed by atoms with Crippen LogP contribution in [0.3, 0.4) is 0 Å². The van der Waals surface area contributed by atoms with Gasteiger partial charge < -0.3 is 10.0 Å². The van der Waals surface area contributed by atoms with Crippen LogP contribution >= 0.6 is 27.3 Å². The van der Waals surface area contributed by atoms with E-state index in [1.807, 2.05) is 25.4 Å². The minimum absolute atomic E-state index is 0.161. The predicted molar refractivity (Wildman–Crippen MR) is 66.7 cm³/mol. The molecular formula is C10H14BrNO2S. The molecule has 0 aliphatic heterocycles. The van der Waals surface area contributed by atoms with Crippen molar-refractivity contribution in [2.45, 2.75) is 13.3 Å². The van der Waals surface area contributed by atoms with Crippen LogP contribution in [0, 0.1) is 5.92 Å². The van der Waals surface area contributed by atoms with Crippen molar-refractivity contribution in [3.05, 3.63) is 15.9 Å². The second kappa shape index (κ2) is 5.51. The molecule has 1 atom stereocenters. The molecule has 84 valence electrons. The highest BCUT2D eigenvalue weighted by atomic mass is 79.9. The van der Waals surface area contributed by atoms with Gasteiger partial charge in [0.1, 0.15) is 0 Å². The van der Waals surface area contributed by atoms with E-state index in [2.05, 4.69) is 20.8 Å². The maximum atomic E-state index is 10.5. The van der Waals surface area contributed by atoms with Crippen molar-refractivity contribution in [1.82, 2.24) is 0 Å². The molecule has 1 N–H and O–H groups in total. The van der Waals surface area contributed by atoms with Crippen molar-refractivity contribution >= 4 is 38.2 Å². The topological polar surface area (TPSA) is 40.5 Å². The first-order chi connectivity index (χ1) is 6.99. The van der Waals surface area contributed by atoms with Crippen molar-refractivity contribution in [3.8, 4) is 0 Å². The largest absolute Gasteiger partial charge is 0.481 e. The van der Waals surface area contributed by atoms with Crippen molar-refractivity contribution in [3.63, 3.8) is 0 Å². The van der Waals surface area contributed by atoms with Crippen LogP contribution in [0.2, 0.25) is 0 Å². The fraction of sp³-hybridized carbons (Fsp3) is 0.500. The van der Waals surface area contributed by atoms with Gasteiger partial charge >= 0.3 is 5.97 Å². The Labute approximate surface area is 102 Å². The van der Waals surface area contributed by atoms with E-state index in [1.54, 1.807) is 11.3 Å². The van der Waals surface area contributed by atoms with Crippen molar-refractivity contribution in [2.75, 3.05) is 18.5 Å². The molecule has 0 aliphatic carbocycles. The summed E-state index contributed by atoms with van der Waals surface area (Å²) in [6.07, 6.45) is 0.219. The molecule has 0 saturated heterocycles. The van der Waals surface area contributed by atoms with E-state index in [0.717, 1.165) is 16.0 Å². The first-order valence-corrected chi connectivity index (χ1v) is 6.33. The molecule has 1 unspecified atom stereocenters. The highest BCUT2D eigenvalue weighted by molar-refractivity contribution is 9.10. The number of carboxylic acids is 1. The lowest BCUT2D eigenvalue weighted by Crippen LogP contribution is -2.24. The third-order valence-electron chi connectivity index (χ3n) is 2.04. The zero-order valence-electron chi connectivity index (χ0n) is 8.74. The average molecular weight is 292 g/mol. The van der Waals surface area contributed by atoms with E-state index >= 15 is 0 Å². The fourth-order valence-electron chi connectivity index (χ4n) is 1.42. The monoisotopic (exact) mass is 291 g/mol. The summed E-state index contributed by atoms with van der Waals surface area (Å²) in [6.45, 7) is 2.71. The summed E-state index contributed by atoms with van der Waals surface area (Å²) < 4.78 is 1.07. The molecule has 0 bridgehead atoms. The van der Waals surface area contributed by atoms with Gasteiger partial charge in [-0.05, 0) is 27.9 Å². The van der Waals surface area contributed by atoms with Gasteiger partial charge in [-0.2, -0.15) is 0 Å². The fourth-order valence-corrected chi connectivity index (χ4v) is 2.82. The molecule has 0 radical (unpaired) electrons. The van der Waals surface area contributed by atoms with Crippen LogP contribution in [-0.4, -0.2) is 24.7 Å². The Morgan fingerprint density at radius 2 is 2.40 bits per heavy atom. The summed E-state index contributed by atoms with van der Waals surface area (Å²) in [6, 6.07) is 2.04. The maximum Gasteiger partial charge on any atom is 0.303 e. The summed E-state index contributed by atoms with van der Waals surface area (Å²) in [5, 5.41) is 11.8. The van der Waals surface area contributed by atoms with Crippen LogP contribution in [0.25, 0.3) is 0 Å². The summed E-state index contributed by atoms with van der Waals surface area (Å²) in [7, 11) is 1.98. The normalized spacial score (nSPS) is 12.5. The minimum atomic E-state index is -0.733. The van der Waals surface area contributed by atoms with E-state index in [9.17, 15) is 4.79 Å². The number of carbonyl (C=O) groups is 1. The summed E-state index contributed by atoms with van der Waals surface area (Å²) in [5.41, 5.74) is 0. The van der Waals surface area contributed by atoms with Crippen LogP contribution in [0.4, 0.5) is 5.00 Å². The lowest BCUT2D eigenvalue weighted by atomic mass is 10.1. The number of nitrogens with zero attached hydrogens (tertiary/aromatic N) is 1. The second-order valence-electron chi connectivity index (χ2n) is 3.69. The van der Waals surface area contributed by atoms with Crippen LogP contribution < -0.4 is 4.90 Å². The number of hydrogen-bond acceptors (Lipinski definition) is 3. The van der Waals surface area contributed by atoms with Gasteiger partial charge in [-0.3, -0.25) is 4.79 Å². The molecule has 1 aromatic rings. The Bertz CT molecular complexity index is 340. The van der Waals surface area contributed by atoms with Gasteiger partial charge in [-0.1, -0.05) is 6.92 Å². The first-order valence-electron chi connectivity index (χ1n) is 4.66. The summed E-state index contributed by atoms with van der Waals surface area (Å²) in [5.74, 6) is -0.573. The Morgan fingerprint density at radius 3 is 2.87 bits per heavy atom. The lowest BCUT2D eigenvalue weighted by Gasteiger charge is -2.20. The van der Waals surface area contributed by atoms with Gasteiger partial charge in [-0.25, -0.2) is 0 Å². The number of thiophene rings is 1. The zero-order valence-corrected chi connectivity index (χ0v) is 11.1. The highest BCUT2D eigenvalue weighted by Crippen LogP contribution is 2.27. The molecule has 0 spiro atoms. The molecule has 1 rings (SSSR count). The zero-order chi connectivity index (χ0) is 11.4. The van der Waals surface area contributed by atoms with Gasteiger partial charge in [0.25, 0.3) is 0 Å². The Hall–Kier alpha value is -0.550. The molecule has 5 heteroatoms. The van der Waals surface area contributed by atoms with E-state index in [0.29, 0.717) is 0 Å². The number of rotatable bonds is 5. The third kappa shape index (κ3) is 4.22. The maximum absolute atomic E-state index is 10.5. The average Bonchev–Trinajstić information content (AvgIpc) is 2.49. The predicted octanol–water partition coefficient (Wildman–Crippen LogP) is 3.06. The molecule has 15 heavy (non-hydrogen) atoms. The minimum Gasteiger partial charge on any atom is -0.481 e. The lowest BCUT2D eigenvalue weighted by molar-refractivity contribution is -0.137. The molecule has 0 fully saturated rings. The standard InChI is InChI=1S/C10H14BrNO2S/c1-7(3-10(13)14)5-12(2)9-4-8(11)6-15-9/h4,6-7H,3,5H2,1-2H3,(H,13,14). The summed E-state index contributed by atoms with van der Waals surface area (Å²) >= 11 is 5.05. The molecule has 1 heterocycles. The van der Waals surface area contributed by atoms with Crippen LogP contribution in [0.5, 0.6) is 0 Å². The van der Waals surface area contributed by atoms with E-state index in [-0.39, 0.29) is 12.3 Å². The van der Waals surface area contributed by atoms with E-state index in [4.69, 9.17) is 5.11 Å². The first kappa shape index (κ1) is 12.5. The molecular weight excluding hydrogens is 278 g/mol. The highest BCUT2D eigenvalue weighted by Gasteiger charge is 2.11. The van der Waals surface area contributed by atoms with Gasteiger partial charge in [-0.15, -0.1) is 11.3 Å². The number of hydrogen-bond donors (Lipinski definition) is 1. The van der Waals surface area contributed by atoms with Crippen molar-refractivity contribution < 1.29 is 9.90 Å². The number of halogens is 1. The van der Waals surface area contributed by atoms with Gasteiger partial charge in [0.05, 0.1) is 5.00 Å². The molecule has 0 aliphatic rings. The molecule has 0 amide bonds. The quantitative estimate of drug-likeness (QED) is 0.906. The second-order valence-corrected chi connectivity index (χ2v) is 5.49. The molecule has 3 nitrogen and oxygen atoms in total. The molecule has 0 aromatic carbocycles. The van der Waals surface area contributed by atoms with Gasteiger partial charge in [0.15, 0.2) is 0 Å². The SMILES string of the molecule is CC(CC(=O)O)CN(C)c1cc(Br)cs1.